The number of carbonyl (C=O) groups excluding carboxylic acids is 5. The average Bonchev–Trinajstić information content (AvgIpc) is 3.45. The summed E-state index contributed by atoms with van der Waals surface area (Å²) in [6.07, 6.45) is 4.74. The van der Waals surface area contributed by atoms with Gasteiger partial charge in [-0.25, -0.2) is 4.98 Å². The number of ketones is 1. The summed E-state index contributed by atoms with van der Waals surface area (Å²) in [4.78, 5) is 65.9. The minimum Gasteiger partial charge on any atom is -0.368 e. The molecule has 1 aromatic heterocycles. The zero-order valence-electron chi connectivity index (χ0n) is 17.3. The molecule has 12 heteroatoms. The van der Waals surface area contributed by atoms with Crippen LogP contribution in [0.1, 0.15) is 38.3 Å². The fourth-order valence-electron chi connectivity index (χ4n) is 3.83. The van der Waals surface area contributed by atoms with E-state index in [0.717, 1.165) is 0 Å². The molecule has 3 unspecified atom stereocenters. The van der Waals surface area contributed by atoms with Crippen LogP contribution in [0.15, 0.2) is 12.5 Å². The number of likely N-dealkylation sites (tertiary alicyclic amines) is 1. The molecule has 12 nitrogen and oxygen atoms in total. The molecule has 1 aromatic rings. The van der Waals surface area contributed by atoms with Crippen LogP contribution in [0.3, 0.4) is 0 Å². The van der Waals surface area contributed by atoms with Gasteiger partial charge in [-0.3, -0.25) is 28.6 Å². The molecule has 2 saturated heterocycles. The molecule has 3 rings (SSSR count). The maximum Gasteiger partial charge on any atom is 0.246 e. The van der Waals surface area contributed by atoms with Gasteiger partial charge >= 0.3 is 0 Å². The van der Waals surface area contributed by atoms with Crippen LogP contribution >= 0.6 is 0 Å². The van der Waals surface area contributed by atoms with Crippen LogP contribution in [0.2, 0.25) is 0 Å². The molecule has 0 radical (unpaired) electrons. The average molecular weight is 433 g/mol. The molecule has 31 heavy (non-hydrogen) atoms. The van der Waals surface area contributed by atoms with Crippen LogP contribution in [-0.4, -0.2) is 75.2 Å². The Balaban J connectivity index is 1.79. The molecule has 0 aromatic carbocycles. The third-order valence-corrected chi connectivity index (χ3v) is 5.42. The zero-order chi connectivity index (χ0) is 22.5. The summed E-state index contributed by atoms with van der Waals surface area (Å²) in [5.41, 5.74) is 8.89. The second-order valence-electron chi connectivity index (χ2n) is 7.81. The van der Waals surface area contributed by atoms with Crippen molar-refractivity contribution in [2.75, 3.05) is 18.5 Å². The molecule has 3 atom stereocenters. The standard InChI is InChI=1S/C19H27N7O5/c1-11(27)8-22-26-10-21-9-12(26)7-14(24-18(30)13-4-5-16(28)23-13)19(31)25-6-2-3-15(25)17(20)29/h9-10,13-15,22H,2-8H2,1H3,(H2,20,29)(H,23,28)(H,24,30). The Morgan fingerprint density at radius 1 is 1.32 bits per heavy atom. The molecule has 0 spiro atoms. The highest BCUT2D eigenvalue weighted by molar-refractivity contribution is 5.95. The molecule has 0 saturated carbocycles. The van der Waals surface area contributed by atoms with E-state index >= 15 is 0 Å². The van der Waals surface area contributed by atoms with Gasteiger partial charge in [0.1, 0.15) is 30.2 Å². The fourth-order valence-corrected chi connectivity index (χ4v) is 3.83. The Morgan fingerprint density at radius 2 is 2.10 bits per heavy atom. The number of amides is 4. The number of nitrogens with two attached hydrogens (primary N) is 1. The zero-order valence-corrected chi connectivity index (χ0v) is 17.3. The van der Waals surface area contributed by atoms with Gasteiger partial charge in [-0.15, -0.1) is 0 Å². The molecular weight excluding hydrogens is 406 g/mol. The normalized spacial score (nSPS) is 21.5. The summed E-state index contributed by atoms with van der Waals surface area (Å²) >= 11 is 0. The van der Waals surface area contributed by atoms with Gasteiger partial charge in [0.15, 0.2) is 0 Å². The number of primary amides is 1. The number of hydrogen-bond acceptors (Lipinski definition) is 7. The molecule has 0 bridgehead atoms. The van der Waals surface area contributed by atoms with Crippen LogP contribution in [0.5, 0.6) is 0 Å². The summed E-state index contributed by atoms with van der Waals surface area (Å²) in [5.74, 6) is -1.80. The molecular formula is C19H27N7O5. The number of nitrogens with one attached hydrogen (secondary N) is 3. The topological polar surface area (TPSA) is 169 Å². The van der Waals surface area contributed by atoms with Crippen molar-refractivity contribution in [2.45, 2.75) is 57.2 Å². The Hall–Kier alpha value is -3.44. The quantitative estimate of drug-likeness (QED) is 0.342. The highest BCUT2D eigenvalue weighted by Crippen LogP contribution is 2.19. The van der Waals surface area contributed by atoms with Crippen molar-refractivity contribution in [3.8, 4) is 0 Å². The predicted octanol–water partition coefficient (Wildman–Crippen LogP) is -2.20. The minimum absolute atomic E-state index is 0.0676. The Kier molecular flexibility index (Phi) is 6.88. The highest BCUT2D eigenvalue weighted by Gasteiger charge is 2.38. The number of rotatable bonds is 9. The Morgan fingerprint density at radius 3 is 2.74 bits per heavy atom. The maximum absolute atomic E-state index is 13.3. The van der Waals surface area contributed by atoms with Gasteiger partial charge < -0.3 is 26.7 Å². The summed E-state index contributed by atoms with van der Waals surface area (Å²) in [7, 11) is 0. The second-order valence-corrected chi connectivity index (χ2v) is 7.81. The lowest BCUT2D eigenvalue weighted by Gasteiger charge is -2.28. The molecule has 5 N–H and O–H groups in total. The smallest absolute Gasteiger partial charge is 0.246 e. The van der Waals surface area contributed by atoms with E-state index in [2.05, 4.69) is 21.0 Å². The van der Waals surface area contributed by atoms with Crippen LogP contribution < -0.4 is 21.8 Å². The first-order valence-corrected chi connectivity index (χ1v) is 10.2. The largest absolute Gasteiger partial charge is 0.368 e. The van der Waals surface area contributed by atoms with E-state index in [-0.39, 0.29) is 31.1 Å². The molecule has 0 aliphatic carbocycles. The van der Waals surface area contributed by atoms with Crippen molar-refractivity contribution in [1.29, 1.82) is 0 Å². The fraction of sp³-hybridized carbons (Fsp3) is 0.579. The first-order valence-electron chi connectivity index (χ1n) is 10.2. The number of nitrogens with zero attached hydrogens (tertiary/aromatic N) is 3. The van der Waals surface area contributed by atoms with E-state index in [1.54, 1.807) is 0 Å². The van der Waals surface area contributed by atoms with E-state index in [1.807, 2.05) is 0 Å². The monoisotopic (exact) mass is 433 g/mol. The van der Waals surface area contributed by atoms with Gasteiger partial charge in [-0.05, 0) is 26.2 Å². The predicted molar refractivity (Wildman–Crippen MR) is 108 cm³/mol. The number of imidazole rings is 1. The van der Waals surface area contributed by atoms with Crippen LogP contribution in [0, 0.1) is 0 Å². The first-order chi connectivity index (χ1) is 14.8. The van der Waals surface area contributed by atoms with Gasteiger partial charge in [-0.2, -0.15) is 0 Å². The van der Waals surface area contributed by atoms with Gasteiger partial charge in [0.25, 0.3) is 0 Å². The molecule has 4 amide bonds. The second kappa shape index (κ2) is 9.58. The number of aromatic nitrogens is 2. The Bertz CT molecular complexity index is 883. The van der Waals surface area contributed by atoms with Gasteiger partial charge in [0.2, 0.25) is 23.6 Å². The van der Waals surface area contributed by atoms with Crippen LogP contribution in [-0.2, 0) is 30.4 Å². The SMILES string of the molecule is CC(=O)CNn1cncc1CC(NC(=O)C1CCC(=O)N1)C(=O)N1CCCC1C(N)=O. The lowest BCUT2D eigenvalue weighted by atomic mass is 10.1. The summed E-state index contributed by atoms with van der Waals surface area (Å²) in [5, 5.41) is 5.29. The highest BCUT2D eigenvalue weighted by atomic mass is 16.2. The molecule has 2 fully saturated rings. The van der Waals surface area contributed by atoms with Gasteiger partial charge in [0, 0.05) is 19.4 Å². The van der Waals surface area contributed by atoms with Gasteiger partial charge in [0.05, 0.1) is 18.4 Å². The van der Waals surface area contributed by atoms with Crippen molar-refractivity contribution in [3.63, 3.8) is 0 Å². The first kappa shape index (κ1) is 22.2. The number of hydrogen-bond donors (Lipinski definition) is 4. The minimum atomic E-state index is -1.00. The third-order valence-electron chi connectivity index (χ3n) is 5.42. The van der Waals surface area contributed by atoms with E-state index < -0.39 is 35.8 Å². The van der Waals surface area contributed by atoms with Crippen molar-refractivity contribution in [2.24, 2.45) is 5.73 Å². The van der Waals surface area contributed by atoms with Crippen molar-refractivity contribution >= 4 is 29.4 Å². The van der Waals surface area contributed by atoms with E-state index in [1.165, 1.54) is 29.0 Å². The lowest BCUT2D eigenvalue weighted by Crippen LogP contribution is -2.56. The summed E-state index contributed by atoms with van der Waals surface area (Å²) < 4.78 is 1.51. The van der Waals surface area contributed by atoms with Crippen LogP contribution in [0.25, 0.3) is 0 Å². The summed E-state index contributed by atoms with van der Waals surface area (Å²) in [6.45, 7) is 1.86. The van der Waals surface area contributed by atoms with Gasteiger partial charge in [-0.1, -0.05) is 0 Å². The molecule has 3 heterocycles. The van der Waals surface area contributed by atoms with E-state index in [4.69, 9.17) is 5.73 Å². The van der Waals surface area contributed by atoms with E-state index in [9.17, 15) is 24.0 Å². The summed E-state index contributed by atoms with van der Waals surface area (Å²) in [6, 6.07) is -2.44. The molecule has 2 aliphatic rings. The van der Waals surface area contributed by atoms with E-state index in [0.29, 0.717) is 31.5 Å². The maximum atomic E-state index is 13.3. The van der Waals surface area contributed by atoms with Crippen molar-refractivity contribution in [3.05, 3.63) is 18.2 Å². The molecule has 168 valence electrons. The Labute approximate surface area is 178 Å². The molecule has 2 aliphatic heterocycles. The third kappa shape index (κ3) is 5.38. The lowest BCUT2D eigenvalue weighted by molar-refractivity contribution is -0.140. The van der Waals surface area contributed by atoms with Crippen molar-refractivity contribution in [1.82, 2.24) is 25.2 Å². The van der Waals surface area contributed by atoms with Crippen molar-refractivity contribution < 1.29 is 24.0 Å². The van der Waals surface area contributed by atoms with Crippen LogP contribution in [0.4, 0.5) is 0 Å². The number of Topliss-reactive ketones (excluding diaryl/α,β-unsaturated/α-hetero) is 1. The number of carbonyl (C=O) groups is 5.